The minimum atomic E-state index is 0.804. The number of imidazole rings is 1. The molecule has 0 atom stereocenters. The van der Waals surface area contributed by atoms with Crippen molar-refractivity contribution in [1.29, 1.82) is 0 Å². The Hall–Kier alpha value is -2.93. The number of rotatable bonds is 2. The van der Waals surface area contributed by atoms with E-state index in [1.165, 1.54) is 5.70 Å². The number of hydrogen-bond donors (Lipinski definition) is 1. The highest BCUT2D eigenvalue weighted by Crippen LogP contribution is 2.24. The molecule has 1 fully saturated rings. The van der Waals surface area contributed by atoms with Gasteiger partial charge in [-0.1, -0.05) is 0 Å². The van der Waals surface area contributed by atoms with Gasteiger partial charge in [0.2, 0.25) is 0 Å². The van der Waals surface area contributed by atoms with Gasteiger partial charge in [-0.25, -0.2) is 9.98 Å². The molecular weight excluding hydrogens is 338 g/mol. The second-order valence-electron chi connectivity index (χ2n) is 7.16. The van der Waals surface area contributed by atoms with Gasteiger partial charge in [0.25, 0.3) is 0 Å². The zero-order chi connectivity index (χ0) is 18.4. The van der Waals surface area contributed by atoms with Gasteiger partial charge in [-0.3, -0.25) is 4.98 Å². The highest BCUT2D eigenvalue weighted by atomic mass is 15.2. The van der Waals surface area contributed by atoms with E-state index in [0.717, 1.165) is 67.0 Å². The second kappa shape index (κ2) is 6.35. The van der Waals surface area contributed by atoms with Gasteiger partial charge in [-0.15, -0.1) is 0 Å². The zero-order valence-corrected chi connectivity index (χ0v) is 15.7. The van der Waals surface area contributed by atoms with Crippen LogP contribution in [0.15, 0.2) is 47.5 Å². The lowest BCUT2D eigenvalue weighted by atomic mass is 10.2. The fourth-order valence-electron chi connectivity index (χ4n) is 3.83. The number of hydrogen-bond acceptors (Lipinski definition) is 6. The Balaban J connectivity index is 1.42. The van der Waals surface area contributed by atoms with E-state index in [9.17, 15) is 0 Å². The Kier molecular flexibility index (Phi) is 3.82. The molecule has 0 bridgehead atoms. The number of fused-ring (bicyclic) bond motifs is 2. The normalized spacial score (nSPS) is 19.7. The second-order valence-corrected chi connectivity index (χ2v) is 7.16. The minimum Gasteiger partial charge on any atom is -0.368 e. The summed E-state index contributed by atoms with van der Waals surface area (Å²) in [5.74, 6) is 0.967. The Morgan fingerprint density at radius 2 is 1.89 bits per heavy atom. The maximum absolute atomic E-state index is 4.85. The van der Waals surface area contributed by atoms with E-state index < -0.39 is 0 Å². The monoisotopic (exact) mass is 361 g/mol. The number of amidine groups is 1. The number of aromatic nitrogens is 3. The molecule has 5 heterocycles. The third-order valence-electron chi connectivity index (χ3n) is 5.17. The standard InChI is InChI=1S/C20H23N7/c1-14-11-27-13-18(24-20(27)15(2)22-14)17-5-8-26-12-16(3-4-19(26)23-17)25-9-6-21-7-10-25/h3-5,11-13,21H,6-10H2,1-2H3. The lowest BCUT2D eigenvalue weighted by Gasteiger charge is -2.34. The third-order valence-corrected chi connectivity index (χ3v) is 5.17. The maximum atomic E-state index is 4.85. The van der Waals surface area contributed by atoms with Crippen LogP contribution in [0.4, 0.5) is 0 Å². The van der Waals surface area contributed by atoms with Gasteiger partial charge in [0, 0.05) is 51.3 Å². The van der Waals surface area contributed by atoms with Crippen molar-refractivity contribution in [3.8, 4) is 0 Å². The SMILES string of the molecule is Cc1cn2cc(C3=CCN4C=C(N5CCNCC5)C=CC4=N3)nc2c(C)n1. The van der Waals surface area contributed by atoms with Gasteiger partial charge in [0.05, 0.1) is 22.8 Å². The van der Waals surface area contributed by atoms with Crippen molar-refractivity contribution >= 4 is 17.2 Å². The van der Waals surface area contributed by atoms with Crippen molar-refractivity contribution in [2.75, 3.05) is 32.7 Å². The fraction of sp³-hybridized carbons (Fsp3) is 0.350. The highest BCUT2D eigenvalue weighted by Gasteiger charge is 2.21. The molecule has 1 N–H and O–H groups in total. The van der Waals surface area contributed by atoms with Crippen LogP contribution in [0.3, 0.4) is 0 Å². The van der Waals surface area contributed by atoms with E-state index in [2.05, 4.69) is 44.5 Å². The van der Waals surface area contributed by atoms with Gasteiger partial charge >= 0.3 is 0 Å². The summed E-state index contributed by atoms with van der Waals surface area (Å²) in [5.41, 5.74) is 5.89. The molecule has 1 saturated heterocycles. The Bertz CT molecular complexity index is 1020. The maximum Gasteiger partial charge on any atom is 0.159 e. The molecule has 0 amide bonds. The summed E-state index contributed by atoms with van der Waals surface area (Å²) in [6, 6.07) is 0. The molecule has 7 nitrogen and oxygen atoms in total. The quantitative estimate of drug-likeness (QED) is 0.883. The van der Waals surface area contributed by atoms with Crippen LogP contribution in [-0.2, 0) is 0 Å². The summed E-state index contributed by atoms with van der Waals surface area (Å²) >= 11 is 0. The Morgan fingerprint density at radius 3 is 2.74 bits per heavy atom. The van der Waals surface area contributed by atoms with Crippen LogP contribution in [0.1, 0.15) is 17.1 Å². The summed E-state index contributed by atoms with van der Waals surface area (Å²) in [6.07, 6.45) is 12.7. The molecule has 0 aliphatic carbocycles. The number of aryl methyl sites for hydroxylation is 2. The van der Waals surface area contributed by atoms with E-state index >= 15 is 0 Å². The molecule has 2 aromatic heterocycles. The van der Waals surface area contributed by atoms with Crippen molar-refractivity contribution in [3.63, 3.8) is 0 Å². The van der Waals surface area contributed by atoms with Crippen molar-refractivity contribution in [1.82, 2.24) is 29.5 Å². The van der Waals surface area contributed by atoms with E-state index in [1.54, 1.807) is 0 Å². The van der Waals surface area contributed by atoms with Crippen LogP contribution < -0.4 is 5.32 Å². The van der Waals surface area contributed by atoms with Gasteiger partial charge in [-0.2, -0.15) is 0 Å². The van der Waals surface area contributed by atoms with Crippen molar-refractivity contribution in [2.45, 2.75) is 13.8 Å². The van der Waals surface area contributed by atoms with Gasteiger partial charge < -0.3 is 19.5 Å². The molecule has 0 spiro atoms. The zero-order valence-electron chi connectivity index (χ0n) is 15.7. The topological polar surface area (TPSA) is 61.1 Å². The Morgan fingerprint density at radius 1 is 1.04 bits per heavy atom. The van der Waals surface area contributed by atoms with Crippen molar-refractivity contribution in [3.05, 3.63) is 59.6 Å². The molecule has 27 heavy (non-hydrogen) atoms. The summed E-state index contributed by atoms with van der Waals surface area (Å²) in [7, 11) is 0. The molecule has 3 aliphatic rings. The molecule has 0 unspecified atom stereocenters. The molecule has 2 aromatic rings. The predicted molar refractivity (Wildman–Crippen MR) is 106 cm³/mol. The molecule has 7 heteroatoms. The van der Waals surface area contributed by atoms with E-state index in [0.29, 0.717) is 0 Å². The highest BCUT2D eigenvalue weighted by molar-refractivity contribution is 6.00. The summed E-state index contributed by atoms with van der Waals surface area (Å²) in [4.78, 5) is 18.7. The first-order valence-electron chi connectivity index (χ1n) is 9.42. The molecular formula is C20H23N7. The fourth-order valence-corrected chi connectivity index (χ4v) is 3.83. The van der Waals surface area contributed by atoms with Crippen LogP contribution in [-0.4, -0.2) is 62.7 Å². The van der Waals surface area contributed by atoms with Crippen LogP contribution in [0.25, 0.3) is 11.3 Å². The van der Waals surface area contributed by atoms with Crippen LogP contribution in [0.2, 0.25) is 0 Å². The van der Waals surface area contributed by atoms with Crippen molar-refractivity contribution < 1.29 is 0 Å². The molecule has 0 aromatic carbocycles. The van der Waals surface area contributed by atoms with Crippen molar-refractivity contribution in [2.24, 2.45) is 4.99 Å². The van der Waals surface area contributed by atoms with Crippen LogP contribution >= 0.6 is 0 Å². The number of piperazine rings is 1. The van der Waals surface area contributed by atoms with Crippen LogP contribution in [0.5, 0.6) is 0 Å². The smallest absolute Gasteiger partial charge is 0.159 e. The van der Waals surface area contributed by atoms with E-state index in [4.69, 9.17) is 9.98 Å². The third kappa shape index (κ3) is 2.94. The van der Waals surface area contributed by atoms with Crippen LogP contribution in [0, 0.1) is 13.8 Å². The first kappa shape index (κ1) is 16.3. The summed E-state index contributed by atoms with van der Waals surface area (Å²) in [6.45, 7) is 8.97. The molecule has 3 aliphatic heterocycles. The average Bonchev–Trinajstić information content (AvgIpc) is 3.12. The lowest BCUT2D eigenvalue weighted by molar-refractivity contribution is 0.302. The summed E-state index contributed by atoms with van der Waals surface area (Å²) in [5, 5.41) is 3.40. The molecule has 0 radical (unpaired) electrons. The predicted octanol–water partition coefficient (Wildman–Crippen LogP) is 1.72. The van der Waals surface area contributed by atoms with E-state index in [-0.39, 0.29) is 0 Å². The number of allylic oxidation sites excluding steroid dienone is 1. The molecule has 0 saturated carbocycles. The van der Waals surface area contributed by atoms with Gasteiger partial charge in [-0.05, 0) is 32.1 Å². The molecule has 138 valence electrons. The Labute approximate surface area is 158 Å². The largest absolute Gasteiger partial charge is 0.368 e. The number of nitrogens with one attached hydrogen (secondary N) is 1. The van der Waals surface area contributed by atoms with Gasteiger partial charge in [0.15, 0.2) is 5.65 Å². The first-order valence-corrected chi connectivity index (χ1v) is 9.42. The van der Waals surface area contributed by atoms with E-state index in [1.807, 2.05) is 30.6 Å². The average molecular weight is 361 g/mol. The lowest BCUT2D eigenvalue weighted by Crippen LogP contribution is -2.44. The first-order chi connectivity index (χ1) is 13.2. The number of aliphatic imine (C=N–C) groups is 1. The minimum absolute atomic E-state index is 0.804. The number of nitrogens with zero attached hydrogens (tertiary/aromatic N) is 6. The van der Waals surface area contributed by atoms with Gasteiger partial charge in [0.1, 0.15) is 11.5 Å². The summed E-state index contributed by atoms with van der Waals surface area (Å²) < 4.78 is 2.04. The molecule has 5 rings (SSSR count).